The quantitative estimate of drug-likeness (QED) is 0.504. The molecule has 0 atom stereocenters. The van der Waals surface area contributed by atoms with E-state index in [-0.39, 0.29) is 5.92 Å². The van der Waals surface area contributed by atoms with Crippen LogP contribution in [0.15, 0.2) is 18.2 Å². The number of ether oxygens (including phenoxy) is 1. The average Bonchev–Trinajstić information content (AvgIpc) is 2.49. The number of Topliss-reactive ketones (excluding diaryl/α,β-unsaturated/α-hetero) is 1. The van der Waals surface area contributed by atoms with Crippen molar-refractivity contribution in [1.29, 1.82) is 0 Å². The van der Waals surface area contributed by atoms with E-state index in [2.05, 4.69) is 32.0 Å². The molecule has 0 aliphatic heterocycles. The zero-order chi connectivity index (χ0) is 16.4. The van der Waals surface area contributed by atoms with Gasteiger partial charge in [0.1, 0.15) is 11.5 Å². The lowest BCUT2D eigenvalue weighted by Crippen LogP contribution is -2.06. The maximum Gasteiger partial charge on any atom is 0.135 e. The maximum atomic E-state index is 11.6. The second kappa shape index (κ2) is 10.4. The molecular formula is C20H32O2. The molecule has 2 heteroatoms. The number of hydrogen-bond acceptors (Lipinski definition) is 2. The molecule has 124 valence electrons. The smallest absolute Gasteiger partial charge is 0.135 e. The van der Waals surface area contributed by atoms with Crippen molar-refractivity contribution < 1.29 is 9.53 Å². The van der Waals surface area contributed by atoms with Crippen LogP contribution in [-0.2, 0) is 11.2 Å². The molecule has 0 saturated heterocycles. The molecule has 22 heavy (non-hydrogen) atoms. The van der Waals surface area contributed by atoms with Crippen molar-refractivity contribution in [3.63, 3.8) is 0 Å². The number of rotatable bonds is 11. The Bertz CT molecular complexity index is 449. The highest BCUT2D eigenvalue weighted by atomic mass is 16.5. The van der Waals surface area contributed by atoms with Crippen LogP contribution in [0.3, 0.4) is 0 Å². The van der Waals surface area contributed by atoms with Crippen LogP contribution in [0.2, 0.25) is 0 Å². The monoisotopic (exact) mass is 304 g/mol. The summed E-state index contributed by atoms with van der Waals surface area (Å²) in [6, 6.07) is 6.53. The number of ketones is 1. The van der Waals surface area contributed by atoms with Crippen molar-refractivity contribution in [3.05, 3.63) is 29.3 Å². The molecule has 0 aliphatic rings. The summed E-state index contributed by atoms with van der Waals surface area (Å²) in [7, 11) is 0. The molecule has 0 unspecified atom stereocenters. The Balaban J connectivity index is 2.33. The largest absolute Gasteiger partial charge is 0.493 e. The number of benzene rings is 1. The van der Waals surface area contributed by atoms with Gasteiger partial charge < -0.3 is 4.74 Å². The van der Waals surface area contributed by atoms with Gasteiger partial charge in [-0.1, -0.05) is 45.7 Å². The molecule has 1 aromatic carbocycles. The second-order valence-electron chi connectivity index (χ2n) is 6.48. The van der Waals surface area contributed by atoms with Crippen molar-refractivity contribution in [3.8, 4) is 5.75 Å². The number of unbranched alkanes of at least 4 members (excludes halogenated alkanes) is 3. The summed E-state index contributed by atoms with van der Waals surface area (Å²) >= 11 is 0. The van der Waals surface area contributed by atoms with E-state index in [1.807, 2.05) is 13.8 Å². The molecule has 0 spiro atoms. The third-order valence-corrected chi connectivity index (χ3v) is 4.04. The van der Waals surface area contributed by atoms with Gasteiger partial charge in [0, 0.05) is 12.3 Å². The Labute approximate surface area is 136 Å². The second-order valence-corrected chi connectivity index (χ2v) is 6.48. The van der Waals surface area contributed by atoms with E-state index in [4.69, 9.17) is 4.74 Å². The molecule has 0 amide bonds. The average molecular weight is 304 g/mol. The molecule has 0 bridgehead atoms. The predicted octanol–water partition coefficient (Wildman–Crippen LogP) is 5.50. The first-order chi connectivity index (χ1) is 10.5. The molecule has 0 heterocycles. The van der Waals surface area contributed by atoms with Gasteiger partial charge in [0.25, 0.3) is 0 Å². The molecule has 0 saturated carbocycles. The Kier molecular flexibility index (Phi) is 8.88. The van der Waals surface area contributed by atoms with Gasteiger partial charge in [0.05, 0.1) is 6.61 Å². The topological polar surface area (TPSA) is 26.3 Å². The Morgan fingerprint density at radius 1 is 1.14 bits per heavy atom. The van der Waals surface area contributed by atoms with Crippen LogP contribution in [0, 0.1) is 12.8 Å². The van der Waals surface area contributed by atoms with Crippen molar-refractivity contribution in [2.75, 3.05) is 6.61 Å². The molecule has 0 aromatic heterocycles. The summed E-state index contributed by atoms with van der Waals surface area (Å²) < 4.78 is 5.86. The van der Waals surface area contributed by atoms with Crippen molar-refractivity contribution in [2.45, 2.75) is 72.6 Å². The lowest BCUT2D eigenvalue weighted by molar-refractivity contribution is -0.122. The highest BCUT2D eigenvalue weighted by Crippen LogP contribution is 2.21. The SMILES string of the molecule is CCCCOc1cc(CCCCCC(=O)C(C)C)ccc1C. The van der Waals surface area contributed by atoms with Gasteiger partial charge in [-0.15, -0.1) is 0 Å². The van der Waals surface area contributed by atoms with E-state index >= 15 is 0 Å². The van der Waals surface area contributed by atoms with Gasteiger partial charge in [-0.3, -0.25) is 4.79 Å². The fourth-order valence-corrected chi connectivity index (χ4v) is 2.38. The first kappa shape index (κ1) is 18.7. The minimum absolute atomic E-state index is 0.180. The van der Waals surface area contributed by atoms with Crippen LogP contribution in [0.1, 0.15) is 70.4 Å². The van der Waals surface area contributed by atoms with Crippen molar-refractivity contribution >= 4 is 5.78 Å². The normalized spacial score (nSPS) is 11.0. The summed E-state index contributed by atoms with van der Waals surface area (Å²) in [6.07, 6.45) is 7.35. The lowest BCUT2D eigenvalue weighted by atomic mass is 10.0. The molecule has 0 radical (unpaired) electrons. The molecule has 2 nitrogen and oxygen atoms in total. The molecule has 1 aromatic rings. The lowest BCUT2D eigenvalue weighted by Gasteiger charge is -2.11. The summed E-state index contributed by atoms with van der Waals surface area (Å²) in [5.41, 5.74) is 2.55. The first-order valence-corrected chi connectivity index (χ1v) is 8.79. The van der Waals surface area contributed by atoms with Gasteiger partial charge in [-0.25, -0.2) is 0 Å². The van der Waals surface area contributed by atoms with Crippen LogP contribution >= 0.6 is 0 Å². The summed E-state index contributed by atoms with van der Waals surface area (Å²) in [5.74, 6) is 1.60. The number of hydrogen-bond donors (Lipinski definition) is 0. The van der Waals surface area contributed by atoms with E-state index in [0.717, 1.165) is 57.3 Å². The van der Waals surface area contributed by atoms with Gasteiger partial charge in [-0.2, -0.15) is 0 Å². The minimum Gasteiger partial charge on any atom is -0.493 e. The third kappa shape index (κ3) is 7.11. The van der Waals surface area contributed by atoms with Crippen LogP contribution in [0.4, 0.5) is 0 Å². The Morgan fingerprint density at radius 3 is 2.59 bits per heavy atom. The van der Waals surface area contributed by atoms with E-state index in [1.165, 1.54) is 11.1 Å². The van der Waals surface area contributed by atoms with Gasteiger partial charge in [0.15, 0.2) is 0 Å². The van der Waals surface area contributed by atoms with Crippen LogP contribution in [-0.4, -0.2) is 12.4 Å². The Morgan fingerprint density at radius 2 is 1.91 bits per heavy atom. The number of carbonyl (C=O) groups excluding carboxylic acids is 1. The fraction of sp³-hybridized carbons (Fsp3) is 0.650. The summed E-state index contributed by atoms with van der Waals surface area (Å²) in [4.78, 5) is 11.6. The van der Waals surface area contributed by atoms with Crippen LogP contribution in [0.25, 0.3) is 0 Å². The van der Waals surface area contributed by atoms with E-state index < -0.39 is 0 Å². The van der Waals surface area contributed by atoms with E-state index in [0.29, 0.717) is 5.78 Å². The molecular weight excluding hydrogens is 272 g/mol. The number of aryl methyl sites for hydroxylation is 2. The third-order valence-electron chi connectivity index (χ3n) is 4.04. The standard InChI is InChI=1S/C20H32O2/c1-5-6-14-22-20-15-18(13-12-17(20)4)10-8-7-9-11-19(21)16(2)3/h12-13,15-16H,5-11,14H2,1-4H3. The highest BCUT2D eigenvalue weighted by Gasteiger charge is 2.06. The molecule has 1 rings (SSSR count). The summed E-state index contributed by atoms with van der Waals surface area (Å²) in [6.45, 7) is 9.04. The van der Waals surface area contributed by atoms with Gasteiger partial charge in [-0.05, 0) is 49.8 Å². The van der Waals surface area contributed by atoms with E-state index in [9.17, 15) is 4.79 Å². The number of carbonyl (C=O) groups is 1. The van der Waals surface area contributed by atoms with Gasteiger partial charge >= 0.3 is 0 Å². The summed E-state index contributed by atoms with van der Waals surface area (Å²) in [5, 5.41) is 0. The fourth-order valence-electron chi connectivity index (χ4n) is 2.38. The van der Waals surface area contributed by atoms with E-state index in [1.54, 1.807) is 0 Å². The highest BCUT2D eigenvalue weighted by molar-refractivity contribution is 5.80. The zero-order valence-electron chi connectivity index (χ0n) is 14.8. The van der Waals surface area contributed by atoms with Crippen molar-refractivity contribution in [1.82, 2.24) is 0 Å². The van der Waals surface area contributed by atoms with Gasteiger partial charge in [0.2, 0.25) is 0 Å². The van der Waals surface area contributed by atoms with Crippen LogP contribution < -0.4 is 4.74 Å². The van der Waals surface area contributed by atoms with Crippen molar-refractivity contribution in [2.24, 2.45) is 5.92 Å². The molecule has 0 fully saturated rings. The first-order valence-electron chi connectivity index (χ1n) is 8.79. The Hall–Kier alpha value is -1.31. The molecule has 0 N–H and O–H groups in total. The molecule has 0 aliphatic carbocycles. The van der Waals surface area contributed by atoms with Crippen LogP contribution in [0.5, 0.6) is 5.75 Å². The predicted molar refractivity (Wildman–Crippen MR) is 93.6 cm³/mol. The minimum atomic E-state index is 0.180. The zero-order valence-corrected chi connectivity index (χ0v) is 14.8. The maximum absolute atomic E-state index is 11.6.